The number of carboxylic acids is 1. The summed E-state index contributed by atoms with van der Waals surface area (Å²) in [5.41, 5.74) is 7.27. The first-order valence-electron chi connectivity index (χ1n) is 15.4. The predicted octanol–water partition coefficient (Wildman–Crippen LogP) is 11.5. The molecule has 0 fully saturated rings. The molecule has 0 aliphatic heterocycles. The maximum atomic E-state index is 11.5. The largest absolute Gasteiger partial charge is 0.477 e. The second kappa shape index (κ2) is 11.4. The van der Waals surface area contributed by atoms with Crippen molar-refractivity contribution >= 4 is 67.9 Å². The summed E-state index contributed by atoms with van der Waals surface area (Å²) < 4.78 is 2.42. The average Bonchev–Trinajstić information content (AvgIpc) is 3.78. The maximum Gasteiger partial charge on any atom is 0.346 e. The Morgan fingerprint density at radius 3 is 1.87 bits per heavy atom. The number of aliphatic carboxylic acids is 1. The van der Waals surface area contributed by atoms with Gasteiger partial charge in [0, 0.05) is 61.6 Å². The molecule has 0 atom stereocenters. The second-order valence-electron chi connectivity index (χ2n) is 14.8. The Balaban J connectivity index is 0.00000386. The Kier molecular flexibility index (Phi) is 8.17. The third-order valence-corrected chi connectivity index (χ3v) is 12.9. The number of hydrogen-bond donors (Lipinski definition) is 1. The van der Waals surface area contributed by atoms with Gasteiger partial charge in [0.05, 0.1) is 11.0 Å². The van der Waals surface area contributed by atoms with E-state index in [1.54, 1.807) is 28.7 Å². The number of fused-ring (bicyclic) bond motifs is 6. The first kappa shape index (κ1) is 33.6. The molecule has 1 aliphatic carbocycles. The van der Waals surface area contributed by atoms with Crippen molar-refractivity contribution in [3.63, 3.8) is 0 Å². The van der Waals surface area contributed by atoms with E-state index in [0.29, 0.717) is 0 Å². The van der Waals surface area contributed by atoms with Crippen LogP contribution in [0.3, 0.4) is 0 Å². The summed E-state index contributed by atoms with van der Waals surface area (Å²) in [4.78, 5) is 17.1. The van der Waals surface area contributed by atoms with Gasteiger partial charge in [0.1, 0.15) is 16.6 Å². The van der Waals surface area contributed by atoms with Gasteiger partial charge in [-0.05, 0) is 87.7 Å². The SMILES string of the molecule is CC(C)(C)c1ccc2c(c1)c1cc(C(C)(C)C)ccc1n2-c1ccc(-c2cc3c(s2)-c2sc(/C=C(\C#N)C(=O)O)cc2C3(C)C)s1.[W]. The molecule has 0 amide bonds. The zero-order chi connectivity index (χ0) is 32.9. The molecule has 0 radical (unpaired) electrons. The Hall–Kier alpha value is -3.27. The summed E-state index contributed by atoms with van der Waals surface area (Å²) in [5.74, 6) is -1.20. The van der Waals surface area contributed by atoms with E-state index in [2.05, 4.69) is 115 Å². The fourth-order valence-corrected chi connectivity index (χ4v) is 10.3. The molecule has 0 spiro atoms. The molecular weight excluding hydrogens is 808 g/mol. The van der Waals surface area contributed by atoms with Crippen LogP contribution in [-0.4, -0.2) is 15.6 Å². The molecule has 1 N–H and O–H groups in total. The third-order valence-electron chi connectivity index (χ3n) is 9.23. The van der Waals surface area contributed by atoms with Gasteiger partial charge in [0.15, 0.2) is 0 Å². The Labute approximate surface area is 302 Å². The van der Waals surface area contributed by atoms with Crippen molar-refractivity contribution in [3.05, 3.63) is 93.4 Å². The molecule has 4 heterocycles. The molecule has 4 nitrogen and oxygen atoms in total. The number of benzene rings is 2. The summed E-state index contributed by atoms with van der Waals surface area (Å²) in [7, 11) is 0. The zero-order valence-electron chi connectivity index (χ0n) is 27.7. The van der Waals surface area contributed by atoms with Crippen LogP contribution in [0.2, 0.25) is 0 Å². The van der Waals surface area contributed by atoms with Crippen LogP contribution in [0.5, 0.6) is 0 Å². The van der Waals surface area contributed by atoms with Gasteiger partial charge in [0.25, 0.3) is 0 Å². The monoisotopic (exact) mass is 844 g/mol. The summed E-state index contributed by atoms with van der Waals surface area (Å²) >= 11 is 5.18. The number of rotatable bonds is 4. The van der Waals surface area contributed by atoms with Gasteiger partial charge in [-0.3, -0.25) is 0 Å². The van der Waals surface area contributed by atoms with Crippen molar-refractivity contribution in [2.75, 3.05) is 0 Å². The Bertz CT molecular complexity index is 2230. The van der Waals surface area contributed by atoms with Crippen molar-refractivity contribution < 1.29 is 31.0 Å². The number of nitriles is 1. The van der Waals surface area contributed by atoms with Crippen molar-refractivity contribution in [2.24, 2.45) is 0 Å². The van der Waals surface area contributed by atoms with Crippen molar-refractivity contribution in [1.82, 2.24) is 4.57 Å². The van der Waals surface area contributed by atoms with E-state index in [1.165, 1.54) is 74.6 Å². The van der Waals surface area contributed by atoms with E-state index in [-0.39, 0.29) is 42.9 Å². The van der Waals surface area contributed by atoms with E-state index in [4.69, 9.17) is 0 Å². The van der Waals surface area contributed by atoms with Gasteiger partial charge in [-0.15, -0.1) is 34.0 Å². The van der Waals surface area contributed by atoms with E-state index < -0.39 is 5.97 Å². The van der Waals surface area contributed by atoms with Crippen LogP contribution in [0.4, 0.5) is 0 Å². The normalized spacial score (nSPS) is 14.2. The van der Waals surface area contributed by atoms with Crippen molar-refractivity contribution in [1.29, 1.82) is 5.26 Å². The Morgan fingerprint density at radius 2 is 1.34 bits per heavy atom. The van der Waals surface area contributed by atoms with Crippen molar-refractivity contribution in [2.45, 2.75) is 71.6 Å². The first-order valence-corrected chi connectivity index (χ1v) is 17.9. The number of aromatic nitrogens is 1. The summed E-state index contributed by atoms with van der Waals surface area (Å²) in [6, 6.07) is 24.6. The number of hydrogen-bond acceptors (Lipinski definition) is 5. The summed E-state index contributed by atoms with van der Waals surface area (Å²) in [6.07, 6.45) is 1.49. The minimum absolute atomic E-state index is 0. The molecule has 1 aliphatic rings. The van der Waals surface area contributed by atoms with Gasteiger partial charge < -0.3 is 9.67 Å². The Morgan fingerprint density at radius 1 is 0.787 bits per heavy atom. The average molecular weight is 845 g/mol. The van der Waals surface area contributed by atoms with Crippen LogP contribution < -0.4 is 0 Å². The molecule has 2 aromatic carbocycles. The molecular formula is C39H36N2O2S3W. The molecule has 47 heavy (non-hydrogen) atoms. The molecule has 0 bridgehead atoms. The quantitative estimate of drug-likeness (QED) is 0.142. The maximum absolute atomic E-state index is 11.5. The van der Waals surface area contributed by atoms with Crippen LogP contribution in [0.1, 0.15) is 82.5 Å². The number of carboxylic acid groups (broad SMARTS) is 1. The third kappa shape index (κ3) is 5.48. The molecule has 7 rings (SSSR count). The van der Waals surface area contributed by atoms with Gasteiger partial charge in [-0.2, -0.15) is 5.26 Å². The van der Waals surface area contributed by atoms with Crippen LogP contribution in [0, 0.1) is 11.3 Å². The smallest absolute Gasteiger partial charge is 0.346 e. The van der Waals surface area contributed by atoms with Crippen LogP contribution in [0.25, 0.3) is 52.4 Å². The van der Waals surface area contributed by atoms with Crippen LogP contribution >= 0.6 is 34.0 Å². The predicted molar refractivity (Wildman–Crippen MR) is 196 cm³/mol. The fraction of sp³-hybridized carbons (Fsp3) is 0.282. The summed E-state index contributed by atoms with van der Waals surface area (Å²) in [5, 5.41) is 22.4. The number of thiophene rings is 3. The standard InChI is InChI=1S/C39H36N2O2S3.W/c1-37(2,3)22-9-11-29-25(16-22)26-17-23(38(4,5)6)10-12-30(26)41(29)33-14-13-31(45-33)32-19-28-35(46-32)34-27(39(28,7)8)18-24(44-34)15-21(20-40)36(42)43;/h9-19H,1-8H3,(H,42,43);/b21-15+;. The molecule has 0 unspecified atom stereocenters. The molecule has 0 saturated carbocycles. The minimum atomic E-state index is -1.20. The zero-order valence-corrected chi connectivity index (χ0v) is 33.1. The van der Waals surface area contributed by atoms with Gasteiger partial charge in [-0.25, -0.2) is 4.79 Å². The molecule has 4 aromatic heterocycles. The second-order valence-corrected chi connectivity index (χ2v) is 18.0. The van der Waals surface area contributed by atoms with E-state index in [1.807, 2.05) is 17.4 Å². The van der Waals surface area contributed by atoms with Crippen LogP contribution in [-0.2, 0) is 42.1 Å². The van der Waals surface area contributed by atoms with E-state index in [0.717, 1.165) is 4.88 Å². The molecule has 238 valence electrons. The number of nitrogens with zero attached hydrogens (tertiary/aromatic N) is 2. The van der Waals surface area contributed by atoms with Gasteiger partial charge in [-0.1, -0.05) is 67.5 Å². The van der Waals surface area contributed by atoms with Crippen LogP contribution in [0.15, 0.2) is 66.2 Å². The molecule has 6 aromatic rings. The topological polar surface area (TPSA) is 66.0 Å². The van der Waals surface area contributed by atoms with E-state index >= 15 is 0 Å². The first-order chi connectivity index (χ1) is 21.6. The fourth-order valence-electron chi connectivity index (χ4n) is 6.46. The minimum Gasteiger partial charge on any atom is -0.477 e. The van der Waals surface area contributed by atoms with E-state index in [9.17, 15) is 15.2 Å². The van der Waals surface area contributed by atoms with Gasteiger partial charge >= 0.3 is 5.97 Å². The van der Waals surface area contributed by atoms with Crippen molar-refractivity contribution in [3.8, 4) is 30.6 Å². The number of carbonyl (C=O) groups is 1. The van der Waals surface area contributed by atoms with Gasteiger partial charge in [0.2, 0.25) is 0 Å². The molecule has 0 saturated heterocycles. The molecule has 8 heteroatoms. The summed E-state index contributed by atoms with van der Waals surface area (Å²) in [6.45, 7) is 18.1.